The van der Waals surface area contributed by atoms with Crippen molar-refractivity contribution in [1.29, 1.82) is 5.26 Å². The Hall–Kier alpha value is -4.69. The SMILES string of the molecule is Cc1cccc(/C=N/Nc2cc(N3CCOCC3)nc(OCCN=C(NC#N)Nc3ccccc3)n2)c1. The summed E-state index contributed by atoms with van der Waals surface area (Å²) >= 11 is 0. The zero-order chi connectivity index (χ0) is 25.7. The summed E-state index contributed by atoms with van der Waals surface area (Å²) < 4.78 is 11.3. The molecule has 0 unspecified atom stereocenters. The number of para-hydroxylation sites is 1. The van der Waals surface area contributed by atoms with E-state index in [1.54, 1.807) is 6.21 Å². The van der Waals surface area contributed by atoms with Crippen molar-refractivity contribution in [2.45, 2.75) is 6.92 Å². The van der Waals surface area contributed by atoms with E-state index in [1.165, 1.54) is 0 Å². The topological polar surface area (TPSA) is 132 Å². The first-order valence-corrected chi connectivity index (χ1v) is 11.9. The monoisotopic (exact) mass is 499 g/mol. The van der Waals surface area contributed by atoms with Crippen LogP contribution < -0.4 is 25.7 Å². The highest BCUT2D eigenvalue weighted by Crippen LogP contribution is 2.20. The highest BCUT2D eigenvalue weighted by atomic mass is 16.5. The van der Waals surface area contributed by atoms with Crippen molar-refractivity contribution in [2.75, 3.05) is 55.1 Å². The molecule has 0 bridgehead atoms. The van der Waals surface area contributed by atoms with Gasteiger partial charge < -0.3 is 19.7 Å². The Morgan fingerprint density at radius 3 is 2.76 bits per heavy atom. The molecule has 11 heteroatoms. The molecule has 3 N–H and O–H groups in total. The molecule has 4 rings (SSSR count). The Labute approximate surface area is 215 Å². The Bertz CT molecular complexity index is 1250. The Morgan fingerprint density at radius 1 is 1.14 bits per heavy atom. The number of nitrogens with zero attached hydrogens (tertiary/aromatic N) is 6. The first-order chi connectivity index (χ1) is 18.2. The van der Waals surface area contributed by atoms with Crippen molar-refractivity contribution in [3.05, 3.63) is 71.8 Å². The summed E-state index contributed by atoms with van der Waals surface area (Å²) in [6, 6.07) is 19.5. The maximum Gasteiger partial charge on any atom is 0.320 e. The van der Waals surface area contributed by atoms with Crippen LogP contribution in [0.4, 0.5) is 17.3 Å². The lowest BCUT2D eigenvalue weighted by molar-refractivity contribution is 0.122. The Morgan fingerprint density at radius 2 is 1.97 bits per heavy atom. The van der Waals surface area contributed by atoms with Gasteiger partial charge in [-0.25, -0.2) is 4.99 Å². The van der Waals surface area contributed by atoms with Gasteiger partial charge in [-0.05, 0) is 24.6 Å². The van der Waals surface area contributed by atoms with Crippen LogP contribution in [0.2, 0.25) is 0 Å². The zero-order valence-electron chi connectivity index (χ0n) is 20.6. The minimum atomic E-state index is 0.207. The number of rotatable bonds is 9. The molecule has 1 fully saturated rings. The number of guanidine groups is 1. The van der Waals surface area contributed by atoms with Crippen LogP contribution in [0, 0.1) is 18.4 Å². The molecule has 2 aromatic carbocycles. The number of morpholine rings is 1. The number of ether oxygens (including phenoxy) is 2. The fraction of sp³-hybridized carbons (Fsp3) is 0.269. The number of hydrogen-bond acceptors (Lipinski definition) is 9. The number of aliphatic imine (C=N–C) groups is 1. The number of nitrogens with one attached hydrogen (secondary N) is 3. The Kier molecular flexibility index (Phi) is 9.21. The average Bonchev–Trinajstić information content (AvgIpc) is 2.92. The van der Waals surface area contributed by atoms with Gasteiger partial charge in [0.05, 0.1) is 26.0 Å². The molecule has 37 heavy (non-hydrogen) atoms. The first kappa shape index (κ1) is 25.4. The molecular formula is C26H29N9O2. The third kappa shape index (κ3) is 8.19. The number of aryl methyl sites for hydroxylation is 1. The van der Waals surface area contributed by atoms with Crippen molar-refractivity contribution >= 4 is 29.5 Å². The van der Waals surface area contributed by atoms with Crippen molar-refractivity contribution in [1.82, 2.24) is 15.3 Å². The smallest absolute Gasteiger partial charge is 0.320 e. The minimum Gasteiger partial charge on any atom is -0.461 e. The highest BCUT2D eigenvalue weighted by Gasteiger charge is 2.15. The van der Waals surface area contributed by atoms with Gasteiger partial charge in [-0.15, -0.1) is 0 Å². The van der Waals surface area contributed by atoms with E-state index < -0.39 is 0 Å². The summed E-state index contributed by atoms with van der Waals surface area (Å²) in [5, 5.41) is 19.0. The van der Waals surface area contributed by atoms with Gasteiger partial charge in [0.2, 0.25) is 5.96 Å². The Balaban J connectivity index is 1.42. The lowest BCUT2D eigenvalue weighted by Gasteiger charge is -2.28. The summed E-state index contributed by atoms with van der Waals surface area (Å²) in [6.45, 7) is 5.24. The third-order valence-corrected chi connectivity index (χ3v) is 5.27. The van der Waals surface area contributed by atoms with Gasteiger partial charge in [0.1, 0.15) is 12.4 Å². The summed E-state index contributed by atoms with van der Waals surface area (Å²) in [6.07, 6.45) is 3.62. The second kappa shape index (κ2) is 13.4. The van der Waals surface area contributed by atoms with E-state index in [0.717, 1.165) is 35.7 Å². The van der Waals surface area contributed by atoms with Crippen LogP contribution in [-0.2, 0) is 4.74 Å². The quantitative estimate of drug-likeness (QED) is 0.101. The van der Waals surface area contributed by atoms with Crippen molar-refractivity contribution < 1.29 is 9.47 Å². The van der Waals surface area contributed by atoms with Crippen LogP contribution in [0.1, 0.15) is 11.1 Å². The van der Waals surface area contributed by atoms with Crippen molar-refractivity contribution in [3.63, 3.8) is 0 Å². The second-order valence-electron chi connectivity index (χ2n) is 8.08. The lowest BCUT2D eigenvalue weighted by Crippen LogP contribution is -2.36. The standard InChI is InChI=1S/C26H29N9O2/c1-20-6-5-7-21(16-20)18-30-34-23-17-24(35-11-14-36-15-12-35)33-26(32-23)37-13-10-28-25(29-19-27)31-22-8-3-2-4-9-22/h2-9,16-18H,10-15H2,1H3,(H2,28,29,31)(H,32,33,34)/b30-18+. The molecule has 1 aromatic heterocycles. The predicted molar refractivity (Wildman–Crippen MR) is 144 cm³/mol. The summed E-state index contributed by atoms with van der Waals surface area (Å²) in [7, 11) is 0. The number of anilines is 3. The lowest BCUT2D eigenvalue weighted by atomic mass is 10.2. The van der Waals surface area contributed by atoms with E-state index in [4.69, 9.17) is 14.7 Å². The molecule has 1 aliphatic rings. The highest BCUT2D eigenvalue weighted by molar-refractivity contribution is 5.94. The van der Waals surface area contributed by atoms with E-state index in [2.05, 4.69) is 41.0 Å². The van der Waals surface area contributed by atoms with Gasteiger partial charge in [0.25, 0.3) is 0 Å². The molecule has 0 aliphatic carbocycles. The van der Waals surface area contributed by atoms with Crippen LogP contribution in [0.3, 0.4) is 0 Å². The third-order valence-electron chi connectivity index (χ3n) is 5.27. The maximum atomic E-state index is 9.03. The summed E-state index contributed by atoms with van der Waals surface area (Å²) in [5.74, 6) is 1.56. The molecule has 0 radical (unpaired) electrons. The molecular weight excluding hydrogens is 470 g/mol. The molecule has 0 saturated carbocycles. The molecule has 0 atom stereocenters. The maximum absolute atomic E-state index is 9.03. The first-order valence-electron chi connectivity index (χ1n) is 11.9. The van der Waals surface area contributed by atoms with Crippen molar-refractivity contribution in [3.8, 4) is 12.2 Å². The number of aromatic nitrogens is 2. The van der Waals surface area contributed by atoms with Crippen LogP contribution in [0.25, 0.3) is 0 Å². The van der Waals surface area contributed by atoms with E-state index in [1.807, 2.05) is 73.8 Å². The average molecular weight is 500 g/mol. The summed E-state index contributed by atoms with van der Waals surface area (Å²) in [4.78, 5) is 15.5. The molecule has 11 nitrogen and oxygen atoms in total. The van der Waals surface area contributed by atoms with Gasteiger partial charge in [0.15, 0.2) is 12.0 Å². The van der Waals surface area contributed by atoms with Crippen LogP contribution in [0.5, 0.6) is 6.01 Å². The fourth-order valence-electron chi connectivity index (χ4n) is 3.53. The van der Waals surface area contributed by atoms with Gasteiger partial charge in [-0.1, -0.05) is 48.0 Å². The van der Waals surface area contributed by atoms with E-state index >= 15 is 0 Å². The minimum absolute atomic E-state index is 0.207. The number of nitriles is 1. The molecule has 1 saturated heterocycles. The van der Waals surface area contributed by atoms with Crippen LogP contribution >= 0.6 is 0 Å². The van der Waals surface area contributed by atoms with Gasteiger partial charge in [-0.2, -0.15) is 20.3 Å². The van der Waals surface area contributed by atoms with E-state index in [-0.39, 0.29) is 19.2 Å². The number of hydrogen-bond donors (Lipinski definition) is 3. The normalized spacial score (nSPS) is 13.7. The van der Waals surface area contributed by atoms with E-state index in [9.17, 15) is 0 Å². The van der Waals surface area contributed by atoms with Crippen molar-refractivity contribution in [2.24, 2.45) is 10.1 Å². The van der Waals surface area contributed by atoms with Gasteiger partial charge in [-0.3, -0.25) is 10.7 Å². The fourth-order valence-corrected chi connectivity index (χ4v) is 3.53. The molecule has 1 aliphatic heterocycles. The van der Waals surface area contributed by atoms with E-state index in [0.29, 0.717) is 25.0 Å². The number of hydrazone groups is 1. The molecule has 190 valence electrons. The zero-order valence-corrected chi connectivity index (χ0v) is 20.6. The van der Waals surface area contributed by atoms with Crippen LogP contribution in [-0.4, -0.2) is 61.6 Å². The number of benzene rings is 2. The molecule has 0 spiro atoms. The molecule has 3 aromatic rings. The van der Waals surface area contributed by atoms with Gasteiger partial charge in [0, 0.05) is 24.8 Å². The largest absolute Gasteiger partial charge is 0.461 e. The predicted octanol–water partition coefficient (Wildman–Crippen LogP) is 2.99. The summed E-state index contributed by atoms with van der Waals surface area (Å²) in [5.41, 5.74) is 5.94. The molecule has 2 heterocycles. The van der Waals surface area contributed by atoms with Crippen LogP contribution in [0.15, 0.2) is 70.8 Å². The molecule has 0 amide bonds. The van der Waals surface area contributed by atoms with Gasteiger partial charge >= 0.3 is 6.01 Å². The second-order valence-corrected chi connectivity index (χ2v) is 8.08.